The first-order valence-electron chi connectivity index (χ1n) is 18.4. The van der Waals surface area contributed by atoms with Crippen LogP contribution < -0.4 is 31.9 Å². The fourth-order valence-corrected chi connectivity index (χ4v) is 6.16. The third kappa shape index (κ3) is 16.3. The van der Waals surface area contributed by atoms with Gasteiger partial charge < -0.3 is 31.9 Å². The molecule has 8 nitrogen and oxygen atoms in total. The summed E-state index contributed by atoms with van der Waals surface area (Å²) < 4.78 is 0. The number of unbranched alkanes of at least 4 members (excludes halogenated alkanes) is 1. The Kier molecular flexibility index (Phi) is 20.2. The molecule has 0 aliphatic carbocycles. The monoisotopic (exact) mass is 692 g/mol. The average molecular weight is 693 g/mol. The molecule has 0 aliphatic heterocycles. The molecule has 4 rings (SSSR count). The lowest BCUT2D eigenvalue weighted by Crippen LogP contribution is -2.37. The van der Waals surface area contributed by atoms with Crippen molar-refractivity contribution in [2.45, 2.75) is 57.8 Å². The smallest absolute Gasteiger partial charge is 0.314 e. The van der Waals surface area contributed by atoms with E-state index < -0.39 is 0 Å². The van der Waals surface area contributed by atoms with Crippen molar-refractivity contribution in [3.8, 4) is 0 Å². The number of urea groups is 2. The van der Waals surface area contributed by atoms with Crippen LogP contribution in [0.2, 0.25) is 0 Å². The zero-order chi connectivity index (χ0) is 34.9. The van der Waals surface area contributed by atoms with Crippen LogP contribution in [0.5, 0.6) is 0 Å². The van der Waals surface area contributed by atoms with E-state index >= 15 is 0 Å². The molecule has 4 aromatic carbocycles. The quantitative estimate of drug-likeness (QED) is 0.0456. The van der Waals surface area contributed by atoms with Gasteiger partial charge in [-0.1, -0.05) is 129 Å². The molecule has 0 saturated heterocycles. The van der Waals surface area contributed by atoms with E-state index in [0.717, 1.165) is 64.7 Å². The molecule has 0 atom stereocenters. The summed E-state index contributed by atoms with van der Waals surface area (Å²) in [5.41, 5.74) is 5.06. The van der Waals surface area contributed by atoms with E-state index in [-0.39, 0.29) is 31.3 Å². The van der Waals surface area contributed by atoms with Crippen molar-refractivity contribution in [1.29, 1.82) is 0 Å². The zero-order valence-corrected chi connectivity index (χ0v) is 29.4. The molecule has 8 heteroatoms. The van der Waals surface area contributed by atoms with Gasteiger partial charge in [0.05, 0.1) is 0 Å². The van der Waals surface area contributed by atoms with Gasteiger partial charge in [0, 0.05) is 38.0 Å². The summed E-state index contributed by atoms with van der Waals surface area (Å²) in [6.07, 6.45) is 5.67. The van der Waals surface area contributed by atoms with E-state index in [0.29, 0.717) is 26.2 Å². The average Bonchev–Trinajstić information content (AvgIpc) is 3.16. The van der Waals surface area contributed by atoms with E-state index in [4.69, 9.17) is 0 Å². The van der Waals surface area contributed by atoms with Crippen LogP contribution in [0.1, 0.15) is 80.0 Å². The Labute approximate surface area is 306 Å². The predicted molar refractivity (Wildman–Crippen MR) is 212 cm³/mol. The van der Waals surface area contributed by atoms with Crippen molar-refractivity contribution >= 4 is 12.1 Å². The number of nitrogens with one attached hydrogen (secondary N) is 6. The second kappa shape index (κ2) is 25.3. The lowest BCUT2D eigenvalue weighted by Gasteiger charge is -2.18. The maximum absolute atomic E-state index is 12.3. The Morgan fingerprint density at radius 2 is 0.647 bits per heavy atom. The minimum atomic E-state index is -0.109. The van der Waals surface area contributed by atoms with E-state index in [1.54, 1.807) is 0 Å². The summed E-state index contributed by atoms with van der Waals surface area (Å²) in [4.78, 5) is 24.6. The Bertz CT molecular complexity index is 1270. The van der Waals surface area contributed by atoms with Gasteiger partial charge in [-0.2, -0.15) is 0 Å². The highest BCUT2D eigenvalue weighted by Gasteiger charge is 2.15. The SMILES string of the molecule is C.O=C(NCCCNCCCCNCCCNC(=O)NCCC(c1ccccc1)c1ccccc1)NCCC(c1ccccc1)c1ccccc1. The summed E-state index contributed by atoms with van der Waals surface area (Å²) in [6.45, 7) is 6.21. The van der Waals surface area contributed by atoms with Gasteiger partial charge in [-0.25, -0.2) is 9.59 Å². The molecular formula is C43H60N6O2. The van der Waals surface area contributed by atoms with Crippen molar-refractivity contribution < 1.29 is 9.59 Å². The number of benzene rings is 4. The second-order valence-corrected chi connectivity index (χ2v) is 12.6. The van der Waals surface area contributed by atoms with Gasteiger partial charge in [-0.15, -0.1) is 0 Å². The molecular weight excluding hydrogens is 633 g/mol. The molecule has 6 N–H and O–H groups in total. The van der Waals surface area contributed by atoms with E-state index in [9.17, 15) is 9.59 Å². The first kappa shape index (κ1) is 40.8. The molecule has 0 saturated carbocycles. The molecule has 4 aromatic rings. The van der Waals surface area contributed by atoms with E-state index in [2.05, 4.69) is 129 Å². The minimum Gasteiger partial charge on any atom is -0.338 e. The number of carbonyl (C=O) groups is 2. The highest BCUT2D eigenvalue weighted by atomic mass is 16.2. The minimum absolute atomic E-state index is 0. The molecule has 0 heterocycles. The van der Waals surface area contributed by atoms with Crippen molar-refractivity contribution in [1.82, 2.24) is 31.9 Å². The molecule has 0 aromatic heterocycles. The highest BCUT2D eigenvalue weighted by molar-refractivity contribution is 5.74. The Morgan fingerprint density at radius 3 is 0.961 bits per heavy atom. The zero-order valence-electron chi connectivity index (χ0n) is 29.4. The van der Waals surface area contributed by atoms with Crippen LogP contribution in [0.4, 0.5) is 9.59 Å². The number of rotatable bonds is 23. The molecule has 0 spiro atoms. The molecule has 4 amide bonds. The van der Waals surface area contributed by atoms with Crippen LogP contribution in [0, 0.1) is 0 Å². The maximum Gasteiger partial charge on any atom is 0.314 e. The maximum atomic E-state index is 12.3. The topological polar surface area (TPSA) is 106 Å². The van der Waals surface area contributed by atoms with Crippen molar-refractivity contribution in [2.24, 2.45) is 0 Å². The third-order valence-electron chi connectivity index (χ3n) is 8.83. The van der Waals surface area contributed by atoms with Crippen LogP contribution in [-0.2, 0) is 0 Å². The fourth-order valence-electron chi connectivity index (χ4n) is 6.16. The fraction of sp³-hybridized carbons (Fsp3) is 0.395. The van der Waals surface area contributed by atoms with Gasteiger partial charge >= 0.3 is 12.1 Å². The normalized spacial score (nSPS) is 10.8. The number of carbonyl (C=O) groups excluding carboxylic acids is 2. The van der Waals surface area contributed by atoms with Gasteiger partial charge in [0.1, 0.15) is 0 Å². The van der Waals surface area contributed by atoms with Gasteiger partial charge in [0.25, 0.3) is 0 Å². The Morgan fingerprint density at radius 1 is 0.373 bits per heavy atom. The molecule has 51 heavy (non-hydrogen) atoms. The molecule has 0 aliphatic rings. The first-order chi connectivity index (χ1) is 24.7. The third-order valence-corrected chi connectivity index (χ3v) is 8.83. The summed E-state index contributed by atoms with van der Waals surface area (Å²) >= 11 is 0. The van der Waals surface area contributed by atoms with Gasteiger partial charge in [0.15, 0.2) is 0 Å². The van der Waals surface area contributed by atoms with Crippen molar-refractivity contribution in [3.05, 3.63) is 144 Å². The van der Waals surface area contributed by atoms with E-state index in [1.807, 2.05) is 24.3 Å². The molecule has 0 radical (unpaired) electrons. The Balaban J connectivity index is 0.00000702. The second-order valence-electron chi connectivity index (χ2n) is 12.6. The Hall–Kier alpha value is -4.66. The number of hydrogen-bond donors (Lipinski definition) is 6. The molecule has 0 unspecified atom stereocenters. The summed E-state index contributed by atoms with van der Waals surface area (Å²) in [5, 5.41) is 18.9. The van der Waals surface area contributed by atoms with Crippen LogP contribution in [0.3, 0.4) is 0 Å². The molecule has 0 bridgehead atoms. The van der Waals surface area contributed by atoms with Crippen molar-refractivity contribution in [2.75, 3.05) is 52.4 Å². The summed E-state index contributed by atoms with van der Waals surface area (Å²) in [6, 6.07) is 41.7. The van der Waals surface area contributed by atoms with Crippen LogP contribution in [0.25, 0.3) is 0 Å². The van der Waals surface area contributed by atoms with Gasteiger partial charge in [-0.3, -0.25) is 0 Å². The van der Waals surface area contributed by atoms with Gasteiger partial charge in [0.2, 0.25) is 0 Å². The predicted octanol–water partition coefficient (Wildman–Crippen LogP) is 7.40. The van der Waals surface area contributed by atoms with Crippen molar-refractivity contribution in [3.63, 3.8) is 0 Å². The largest absolute Gasteiger partial charge is 0.338 e. The lowest BCUT2D eigenvalue weighted by atomic mass is 9.88. The highest BCUT2D eigenvalue weighted by Crippen LogP contribution is 2.28. The molecule has 0 fully saturated rings. The standard InChI is InChI=1S/C42H56N6O2.CH4/c49-41(47-33-25-39(35-17-5-1-6-18-35)36-19-7-2-8-20-36)45-31-15-29-43-27-13-14-28-44-30-16-32-46-42(50)48-34-26-40(37-21-9-3-10-22-37)38-23-11-4-12-24-38;/h1-12,17-24,39-40,43-44H,13-16,25-34H2,(H2,45,47,49)(H2,46,48,50);1H4. The van der Waals surface area contributed by atoms with Crippen LogP contribution in [0.15, 0.2) is 121 Å². The summed E-state index contributed by atoms with van der Waals surface area (Å²) in [7, 11) is 0. The number of amides is 4. The van der Waals surface area contributed by atoms with E-state index in [1.165, 1.54) is 22.3 Å². The van der Waals surface area contributed by atoms with Crippen LogP contribution >= 0.6 is 0 Å². The van der Waals surface area contributed by atoms with Crippen LogP contribution in [-0.4, -0.2) is 64.4 Å². The molecule has 274 valence electrons. The van der Waals surface area contributed by atoms with Gasteiger partial charge in [-0.05, 0) is 87.0 Å². The first-order valence-corrected chi connectivity index (χ1v) is 18.4. The summed E-state index contributed by atoms with van der Waals surface area (Å²) in [5.74, 6) is 0.505. The number of hydrogen-bond acceptors (Lipinski definition) is 4. The lowest BCUT2D eigenvalue weighted by molar-refractivity contribution is 0.239.